The number of halogens is 2. The van der Waals surface area contributed by atoms with E-state index < -0.39 is 5.63 Å². The first-order valence-electron chi connectivity index (χ1n) is 5.40. The number of benzene rings is 2. The van der Waals surface area contributed by atoms with Gasteiger partial charge in [0.05, 0.1) is 0 Å². The molecule has 3 rings (SSSR count). The van der Waals surface area contributed by atoms with Crippen LogP contribution in [-0.4, -0.2) is 0 Å². The van der Waals surface area contributed by atoms with Crippen molar-refractivity contribution in [3.63, 3.8) is 0 Å². The van der Waals surface area contributed by atoms with Crippen LogP contribution in [0.4, 0.5) is 0 Å². The van der Waals surface area contributed by atoms with Gasteiger partial charge in [0, 0.05) is 33.1 Å². The van der Waals surface area contributed by atoms with Gasteiger partial charge in [-0.25, -0.2) is 4.79 Å². The Morgan fingerprint density at radius 3 is 2.50 bits per heavy atom. The molecule has 0 aliphatic carbocycles. The molecule has 0 fully saturated rings. The van der Waals surface area contributed by atoms with E-state index in [1.165, 1.54) is 6.07 Å². The van der Waals surface area contributed by atoms with Gasteiger partial charge in [0.15, 0.2) is 0 Å². The number of hydrogen-bond acceptors (Lipinski definition) is 2. The molecule has 18 heavy (non-hydrogen) atoms. The Bertz CT molecular complexity index is 806. The maximum Gasteiger partial charge on any atom is 0.336 e. The van der Waals surface area contributed by atoms with E-state index in [1.807, 2.05) is 24.3 Å². The number of fused-ring (bicyclic) bond motifs is 3. The molecule has 90 valence electrons. The number of rotatable bonds is 1. The third kappa shape index (κ3) is 1.69. The van der Waals surface area contributed by atoms with Crippen molar-refractivity contribution in [2.45, 2.75) is 5.88 Å². The Morgan fingerprint density at radius 2 is 1.78 bits per heavy atom. The van der Waals surface area contributed by atoms with Crippen molar-refractivity contribution in [3.05, 3.63) is 57.4 Å². The van der Waals surface area contributed by atoms with Crippen LogP contribution in [-0.2, 0) is 5.88 Å². The molecule has 0 N–H and O–H groups in total. The summed E-state index contributed by atoms with van der Waals surface area (Å²) >= 11 is 12.1. The molecule has 1 aromatic heterocycles. The highest BCUT2D eigenvalue weighted by Crippen LogP contribution is 2.32. The molecule has 0 amide bonds. The fourth-order valence-electron chi connectivity index (χ4n) is 2.11. The lowest BCUT2D eigenvalue weighted by Gasteiger charge is -2.07. The summed E-state index contributed by atoms with van der Waals surface area (Å²) < 4.78 is 5.30. The summed E-state index contributed by atoms with van der Waals surface area (Å²) in [6.45, 7) is 0. The first kappa shape index (κ1) is 11.6. The second-order valence-corrected chi connectivity index (χ2v) is 4.68. The van der Waals surface area contributed by atoms with E-state index in [9.17, 15) is 4.79 Å². The van der Waals surface area contributed by atoms with Crippen molar-refractivity contribution in [1.29, 1.82) is 0 Å². The zero-order chi connectivity index (χ0) is 12.7. The number of alkyl halides is 1. The van der Waals surface area contributed by atoms with E-state index in [4.69, 9.17) is 27.6 Å². The molecular formula is C14H8Cl2O2. The molecule has 4 heteroatoms. The van der Waals surface area contributed by atoms with E-state index >= 15 is 0 Å². The molecule has 3 aromatic rings. The third-order valence-electron chi connectivity index (χ3n) is 2.93. The highest BCUT2D eigenvalue weighted by Gasteiger charge is 2.11. The minimum Gasteiger partial charge on any atom is -0.422 e. The van der Waals surface area contributed by atoms with Gasteiger partial charge in [0.1, 0.15) is 5.58 Å². The highest BCUT2D eigenvalue weighted by atomic mass is 35.5. The normalized spacial score (nSPS) is 11.2. The Labute approximate surface area is 113 Å². The first-order chi connectivity index (χ1) is 8.70. The number of hydrogen-bond donors (Lipinski definition) is 0. The molecule has 2 aromatic carbocycles. The van der Waals surface area contributed by atoms with E-state index in [-0.39, 0.29) is 5.88 Å². The highest BCUT2D eigenvalue weighted by molar-refractivity contribution is 6.37. The van der Waals surface area contributed by atoms with Crippen molar-refractivity contribution in [1.82, 2.24) is 0 Å². The summed E-state index contributed by atoms with van der Waals surface area (Å²) in [6.07, 6.45) is 0. The van der Waals surface area contributed by atoms with Gasteiger partial charge >= 0.3 is 5.63 Å². The van der Waals surface area contributed by atoms with Crippen LogP contribution < -0.4 is 5.63 Å². The second kappa shape index (κ2) is 4.30. The lowest BCUT2D eigenvalue weighted by Crippen LogP contribution is -1.99. The van der Waals surface area contributed by atoms with Crippen molar-refractivity contribution < 1.29 is 4.42 Å². The lowest BCUT2D eigenvalue weighted by atomic mass is 10.0. The van der Waals surface area contributed by atoms with Gasteiger partial charge in [0.2, 0.25) is 0 Å². The van der Waals surface area contributed by atoms with Crippen LogP contribution >= 0.6 is 23.2 Å². The van der Waals surface area contributed by atoms with Crippen molar-refractivity contribution in [3.8, 4) is 0 Å². The minimum absolute atomic E-state index is 0.247. The summed E-state index contributed by atoms with van der Waals surface area (Å²) in [5, 5.41) is 3.09. The van der Waals surface area contributed by atoms with Gasteiger partial charge in [-0.2, -0.15) is 0 Å². The molecule has 0 aliphatic heterocycles. The van der Waals surface area contributed by atoms with Crippen LogP contribution in [0.3, 0.4) is 0 Å². The molecule has 0 unspecified atom stereocenters. The molecule has 0 atom stereocenters. The minimum atomic E-state index is -0.398. The Morgan fingerprint density at radius 1 is 1.06 bits per heavy atom. The monoisotopic (exact) mass is 278 g/mol. The van der Waals surface area contributed by atoms with E-state index in [2.05, 4.69) is 0 Å². The Kier molecular flexibility index (Phi) is 2.77. The maximum atomic E-state index is 11.5. The van der Waals surface area contributed by atoms with Crippen molar-refractivity contribution in [2.24, 2.45) is 0 Å². The van der Waals surface area contributed by atoms with Gasteiger partial charge in [-0.3, -0.25) is 0 Å². The summed E-state index contributed by atoms with van der Waals surface area (Å²) in [5.74, 6) is 0.247. The van der Waals surface area contributed by atoms with Crippen LogP contribution in [0.15, 0.2) is 45.6 Å². The topological polar surface area (TPSA) is 30.2 Å². The standard InChI is InChI=1S/C14H8Cl2O2/c15-7-8-5-13(17)18-14-10-4-2-1-3-9(10)12(16)6-11(8)14/h1-6H,7H2. The quantitative estimate of drug-likeness (QED) is 0.377. The van der Waals surface area contributed by atoms with E-state index in [0.29, 0.717) is 10.6 Å². The smallest absolute Gasteiger partial charge is 0.336 e. The summed E-state index contributed by atoms with van der Waals surface area (Å²) in [7, 11) is 0. The zero-order valence-corrected chi connectivity index (χ0v) is 10.8. The average molecular weight is 279 g/mol. The van der Waals surface area contributed by atoms with E-state index in [0.717, 1.165) is 21.7 Å². The fourth-order valence-corrected chi connectivity index (χ4v) is 2.61. The molecule has 0 radical (unpaired) electrons. The molecule has 1 heterocycles. The van der Waals surface area contributed by atoms with Crippen LogP contribution in [0.2, 0.25) is 5.02 Å². The first-order valence-corrected chi connectivity index (χ1v) is 6.32. The van der Waals surface area contributed by atoms with Gasteiger partial charge in [0.25, 0.3) is 0 Å². The predicted molar refractivity (Wildman–Crippen MR) is 74.6 cm³/mol. The van der Waals surface area contributed by atoms with Crippen LogP contribution in [0, 0.1) is 0 Å². The predicted octanol–water partition coefficient (Wildman–Crippen LogP) is 4.34. The van der Waals surface area contributed by atoms with E-state index in [1.54, 1.807) is 6.07 Å². The SMILES string of the molecule is O=c1cc(CCl)c2cc(Cl)c3ccccc3c2o1. The van der Waals surface area contributed by atoms with Crippen LogP contribution in [0.5, 0.6) is 0 Å². The maximum absolute atomic E-state index is 11.5. The average Bonchev–Trinajstić information content (AvgIpc) is 2.39. The lowest BCUT2D eigenvalue weighted by molar-refractivity contribution is 0.563. The third-order valence-corrected chi connectivity index (χ3v) is 3.53. The van der Waals surface area contributed by atoms with Crippen LogP contribution in [0.1, 0.15) is 5.56 Å². The Hall–Kier alpha value is -1.51. The molecular weight excluding hydrogens is 271 g/mol. The molecule has 0 bridgehead atoms. The van der Waals surface area contributed by atoms with Crippen LogP contribution in [0.25, 0.3) is 21.7 Å². The summed E-state index contributed by atoms with van der Waals surface area (Å²) in [5.41, 5.74) is 0.874. The largest absolute Gasteiger partial charge is 0.422 e. The zero-order valence-electron chi connectivity index (χ0n) is 9.24. The fraction of sp³-hybridized carbons (Fsp3) is 0.0714. The molecule has 0 saturated carbocycles. The van der Waals surface area contributed by atoms with Gasteiger partial charge in [-0.05, 0) is 11.6 Å². The van der Waals surface area contributed by atoms with Crippen molar-refractivity contribution in [2.75, 3.05) is 0 Å². The molecule has 2 nitrogen and oxygen atoms in total. The van der Waals surface area contributed by atoms with Crippen molar-refractivity contribution >= 4 is 44.9 Å². The molecule has 0 spiro atoms. The second-order valence-electron chi connectivity index (χ2n) is 4.00. The Balaban J connectivity index is 2.63. The van der Waals surface area contributed by atoms with Gasteiger partial charge in [-0.1, -0.05) is 35.9 Å². The summed E-state index contributed by atoms with van der Waals surface area (Å²) in [4.78, 5) is 11.5. The molecule has 0 saturated heterocycles. The van der Waals surface area contributed by atoms with Gasteiger partial charge < -0.3 is 4.42 Å². The molecule has 0 aliphatic rings. The van der Waals surface area contributed by atoms with Gasteiger partial charge in [-0.15, -0.1) is 11.6 Å². The summed E-state index contributed by atoms with van der Waals surface area (Å²) in [6, 6.07) is 10.7.